The molecule has 9 heteroatoms. The standard InChI is InChI=1S/C18H32O9/c1-11(2)18(25,26)17(24)16(23)10-15(22)7-6-13(20)4-5-14(21)8-9-27-12(3)19/h11,13-15,20-22,25-26H,4-10H2,1-3H3. The van der Waals surface area contributed by atoms with Crippen LogP contribution in [0.1, 0.15) is 59.3 Å². The van der Waals surface area contributed by atoms with Crippen LogP contribution in [-0.2, 0) is 19.1 Å². The average Bonchev–Trinajstić information content (AvgIpc) is 2.56. The molecule has 0 saturated carbocycles. The molecule has 0 aromatic rings. The Hall–Kier alpha value is -1.39. The second-order valence-electron chi connectivity index (χ2n) is 7.08. The van der Waals surface area contributed by atoms with Gasteiger partial charge in [-0.05, 0) is 25.7 Å². The first-order valence-electron chi connectivity index (χ1n) is 9.07. The van der Waals surface area contributed by atoms with Crippen LogP contribution in [-0.4, -0.2) is 73.8 Å². The Morgan fingerprint density at radius 1 is 0.852 bits per heavy atom. The zero-order valence-electron chi connectivity index (χ0n) is 16.1. The van der Waals surface area contributed by atoms with Crippen LogP contribution in [0.5, 0.6) is 0 Å². The van der Waals surface area contributed by atoms with Gasteiger partial charge in [-0.15, -0.1) is 0 Å². The van der Waals surface area contributed by atoms with Gasteiger partial charge in [0.1, 0.15) is 0 Å². The molecule has 5 N–H and O–H groups in total. The second-order valence-corrected chi connectivity index (χ2v) is 7.08. The molecule has 0 aromatic heterocycles. The number of carbonyl (C=O) groups is 3. The Morgan fingerprint density at radius 2 is 1.30 bits per heavy atom. The minimum Gasteiger partial charge on any atom is -0.466 e. The lowest BCUT2D eigenvalue weighted by Crippen LogP contribution is -2.48. The summed E-state index contributed by atoms with van der Waals surface area (Å²) in [5.41, 5.74) is 0. The van der Waals surface area contributed by atoms with E-state index in [1.54, 1.807) is 0 Å². The minimum absolute atomic E-state index is 0.0370. The SMILES string of the molecule is CC(=O)OCCC(O)CCC(O)CCC(O)CC(=O)C(=O)C(O)(O)C(C)C. The summed E-state index contributed by atoms with van der Waals surface area (Å²) in [6.07, 6.45) is -2.35. The third kappa shape index (κ3) is 10.5. The molecular weight excluding hydrogens is 360 g/mol. The van der Waals surface area contributed by atoms with Crippen LogP contribution in [0.25, 0.3) is 0 Å². The number of aliphatic hydroxyl groups excluding tert-OH is 3. The van der Waals surface area contributed by atoms with Gasteiger partial charge >= 0.3 is 5.97 Å². The third-order valence-electron chi connectivity index (χ3n) is 4.24. The zero-order valence-corrected chi connectivity index (χ0v) is 16.1. The van der Waals surface area contributed by atoms with Crippen LogP contribution < -0.4 is 0 Å². The van der Waals surface area contributed by atoms with Crippen molar-refractivity contribution in [2.24, 2.45) is 5.92 Å². The van der Waals surface area contributed by atoms with Gasteiger partial charge in [0.05, 0.1) is 24.9 Å². The van der Waals surface area contributed by atoms with E-state index in [1.807, 2.05) is 0 Å². The first-order chi connectivity index (χ1) is 12.4. The second kappa shape index (κ2) is 12.1. The summed E-state index contributed by atoms with van der Waals surface area (Å²) < 4.78 is 4.70. The number of hydrogen-bond donors (Lipinski definition) is 5. The Kier molecular flexibility index (Phi) is 11.5. The highest BCUT2D eigenvalue weighted by molar-refractivity contribution is 6.39. The number of Topliss-reactive ketones (excluding diaryl/α,β-unsaturated/α-hetero) is 2. The predicted octanol–water partition coefficient (Wildman–Crippen LogP) is -0.552. The normalized spacial score (nSPS) is 15.3. The molecule has 0 bridgehead atoms. The largest absolute Gasteiger partial charge is 0.466 e. The molecule has 158 valence electrons. The van der Waals surface area contributed by atoms with Crippen LogP contribution in [0.4, 0.5) is 0 Å². The quantitative estimate of drug-likeness (QED) is 0.148. The molecule has 3 unspecified atom stereocenters. The van der Waals surface area contributed by atoms with Gasteiger partial charge in [-0.2, -0.15) is 0 Å². The molecule has 0 aliphatic rings. The number of hydrogen-bond acceptors (Lipinski definition) is 9. The molecule has 0 heterocycles. The lowest BCUT2D eigenvalue weighted by Gasteiger charge is -2.23. The highest BCUT2D eigenvalue weighted by atomic mass is 16.5. The van der Waals surface area contributed by atoms with E-state index in [2.05, 4.69) is 0 Å². The molecule has 0 spiro atoms. The van der Waals surface area contributed by atoms with E-state index in [1.165, 1.54) is 20.8 Å². The third-order valence-corrected chi connectivity index (χ3v) is 4.24. The average molecular weight is 392 g/mol. The number of ether oxygens (including phenoxy) is 1. The van der Waals surface area contributed by atoms with Gasteiger partial charge < -0.3 is 30.3 Å². The maximum absolute atomic E-state index is 11.8. The van der Waals surface area contributed by atoms with Crippen LogP contribution in [0, 0.1) is 5.92 Å². The zero-order chi connectivity index (χ0) is 21.2. The van der Waals surface area contributed by atoms with Crippen LogP contribution >= 0.6 is 0 Å². The smallest absolute Gasteiger partial charge is 0.302 e. The first kappa shape index (κ1) is 25.6. The highest BCUT2D eigenvalue weighted by Crippen LogP contribution is 2.17. The van der Waals surface area contributed by atoms with Gasteiger partial charge in [0.15, 0.2) is 0 Å². The van der Waals surface area contributed by atoms with Crippen molar-refractivity contribution in [2.45, 2.75) is 83.4 Å². The molecule has 3 atom stereocenters. The maximum atomic E-state index is 11.8. The molecule has 9 nitrogen and oxygen atoms in total. The van der Waals surface area contributed by atoms with Crippen molar-refractivity contribution in [3.63, 3.8) is 0 Å². The van der Waals surface area contributed by atoms with Gasteiger partial charge in [0.2, 0.25) is 11.6 Å². The van der Waals surface area contributed by atoms with Crippen molar-refractivity contribution in [2.75, 3.05) is 6.61 Å². The highest BCUT2D eigenvalue weighted by Gasteiger charge is 2.41. The van der Waals surface area contributed by atoms with Gasteiger partial charge in [-0.1, -0.05) is 13.8 Å². The number of esters is 1. The fourth-order valence-electron chi connectivity index (χ4n) is 2.27. The minimum atomic E-state index is -2.77. The van der Waals surface area contributed by atoms with Crippen LogP contribution in [0.2, 0.25) is 0 Å². The van der Waals surface area contributed by atoms with Gasteiger partial charge in [-0.25, -0.2) is 0 Å². The van der Waals surface area contributed by atoms with E-state index in [9.17, 15) is 39.9 Å². The van der Waals surface area contributed by atoms with Crippen molar-refractivity contribution in [3.8, 4) is 0 Å². The summed E-state index contributed by atoms with van der Waals surface area (Å²) in [7, 11) is 0. The van der Waals surface area contributed by atoms with E-state index in [0.29, 0.717) is 0 Å². The summed E-state index contributed by atoms with van der Waals surface area (Å²) in [6, 6.07) is 0. The Bertz CT molecular complexity index is 487. The van der Waals surface area contributed by atoms with Crippen molar-refractivity contribution < 1.29 is 44.7 Å². The monoisotopic (exact) mass is 392 g/mol. The Morgan fingerprint density at radius 3 is 1.74 bits per heavy atom. The Balaban J connectivity index is 4.13. The topological polar surface area (TPSA) is 162 Å². The predicted molar refractivity (Wildman–Crippen MR) is 94.4 cm³/mol. The maximum Gasteiger partial charge on any atom is 0.302 e. The van der Waals surface area contributed by atoms with E-state index in [0.717, 1.165) is 0 Å². The number of rotatable bonds is 14. The van der Waals surface area contributed by atoms with E-state index in [-0.39, 0.29) is 38.7 Å². The molecule has 0 aromatic carbocycles. The number of carbonyl (C=O) groups excluding carboxylic acids is 3. The molecular formula is C18H32O9. The van der Waals surface area contributed by atoms with Crippen molar-refractivity contribution in [3.05, 3.63) is 0 Å². The molecule has 0 rings (SSSR count). The van der Waals surface area contributed by atoms with Crippen LogP contribution in [0.3, 0.4) is 0 Å². The lowest BCUT2D eigenvalue weighted by molar-refractivity contribution is -0.199. The molecule has 0 aliphatic carbocycles. The molecule has 0 radical (unpaired) electrons. The van der Waals surface area contributed by atoms with Gasteiger partial charge in [-0.3, -0.25) is 14.4 Å². The number of aliphatic hydroxyl groups is 5. The summed E-state index contributed by atoms with van der Waals surface area (Å²) >= 11 is 0. The summed E-state index contributed by atoms with van der Waals surface area (Å²) in [4.78, 5) is 34.1. The van der Waals surface area contributed by atoms with Crippen molar-refractivity contribution >= 4 is 17.5 Å². The molecule has 0 saturated heterocycles. The lowest BCUT2D eigenvalue weighted by atomic mass is 9.93. The summed E-state index contributed by atoms with van der Waals surface area (Å²) in [5.74, 6) is -6.53. The van der Waals surface area contributed by atoms with E-state index < -0.39 is 54.0 Å². The number of ketones is 2. The van der Waals surface area contributed by atoms with E-state index in [4.69, 9.17) is 4.74 Å². The van der Waals surface area contributed by atoms with Crippen molar-refractivity contribution in [1.29, 1.82) is 0 Å². The molecule has 27 heavy (non-hydrogen) atoms. The fourth-order valence-corrected chi connectivity index (χ4v) is 2.27. The fraction of sp³-hybridized carbons (Fsp3) is 0.833. The van der Waals surface area contributed by atoms with Gasteiger partial charge in [0.25, 0.3) is 5.78 Å². The summed E-state index contributed by atoms with van der Waals surface area (Å²) in [6.45, 7) is 4.11. The summed E-state index contributed by atoms with van der Waals surface area (Å²) in [5, 5.41) is 48.6. The Labute approximate surface area is 159 Å². The van der Waals surface area contributed by atoms with Crippen molar-refractivity contribution in [1.82, 2.24) is 0 Å². The molecule has 0 fully saturated rings. The first-order valence-corrected chi connectivity index (χ1v) is 9.07. The molecule has 0 amide bonds. The van der Waals surface area contributed by atoms with Crippen LogP contribution in [0.15, 0.2) is 0 Å². The van der Waals surface area contributed by atoms with E-state index >= 15 is 0 Å². The van der Waals surface area contributed by atoms with Gasteiger partial charge in [0, 0.05) is 25.7 Å². The molecule has 0 aliphatic heterocycles.